The third-order valence-corrected chi connectivity index (χ3v) is 6.18. The van der Waals surface area contributed by atoms with Gasteiger partial charge in [-0.2, -0.15) is 0 Å². The van der Waals surface area contributed by atoms with E-state index in [2.05, 4.69) is 15.0 Å². The van der Waals surface area contributed by atoms with Crippen LogP contribution in [0.3, 0.4) is 0 Å². The lowest BCUT2D eigenvalue weighted by Gasteiger charge is -1.93. The van der Waals surface area contributed by atoms with Crippen molar-refractivity contribution in [2.75, 3.05) is 0 Å². The Labute approximate surface area is 130 Å². The standard InChI is InChI=1S/C12H6N4S4/c1-4-17-9(13-1)7-8(10-14-2-5-18-10)20-12(16-7)11-15-3-6-19-11/h1-6H. The van der Waals surface area contributed by atoms with Gasteiger partial charge in [0.1, 0.15) is 15.7 Å². The molecule has 0 aliphatic heterocycles. The minimum atomic E-state index is 0.908. The van der Waals surface area contributed by atoms with Crippen molar-refractivity contribution in [2.24, 2.45) is 0 Å². The highest BCUT2D eigenvalue weighted by atomic mass is 32.1. The molecule has 0 aliphatic carbocycles. The summed E-state index contributed by atoms with van der Waals surface area (Å²) in [7, 11) is 0. The molecule has 0 unspecified atom stereocenters. The number of hydrogen-bond donors (Lipinski definition) is 0. The Bertz CT molecular complexity index is 748. The molecule has 0 radical (unpaired) electrons. The first-order valence-electron chi connectivity index (χ1n) is 5.62. The summed E-state index contributed by atoms with van der Waals surface area (Å²) in [6.45, 7) is 0. The topological polar surface area (TPSA) is 51.6 Å². The predicted molar refractivity (Wildman–Crippen MR) is 85.4 cm³/mol. The van der Waals surface area contributed by atoms with Gasteiger partial charge in [0.25, 0.3) is 0 Å². The number of rotatable bonds is 3. The van der Waals surface area contributed by atoms with Crippen molar-refractivity contribution < 1.29 is 0 Å². The normalized spacial score (nSPS) is 11.0. The van der Waals surface area contributed by atoms with Gasteiger partial charge in [0.05, 0.1) is 4.88 Å². The summed E-state index contributed by atoms with van der Waals surface area (Å²) >= 11 is 6.43. The zero-order chi connectivity index (χ0) is 13.4. The van der Waals surface area contributed by atoms with E-state index in [1.807, 2.05) is 22.3 Å². The molecule has 0 N–H and O–H groups in total. The van der Waals surface area contributed by atoms with Gasteiger partial charge in [0.2, 0.25) is 0 Å². The highest BCUT2D eigenvalue weighted by molar-refractivity contribution is 7.25. The van der Waals surface area contributed by atoms with Crippen molar-refractivity contribution in [1.82, 2.24) is 19.9 Å². The maximum Gasteiger partial charge on any atom is 0.153 e. The van der Waals surface area contributed by atoms with E-state index >= 15 is 0 Å². The van der Waals surface area contributed by atoms with Gasteiger partial charge in [-0.1, -0.05) is 0 Å². The molecule has 4 aromatic rings. The van der Waals surface area contributed by atoms with Crippen molar-refractivity contribution in [2.45, 2.75) is 0 Å². The van der Waals surface area contributed by atoms with Crippen LogP contribution in [0.15, 0.2) is 34.7 Å². The van der Waals surface area contributed by atoms with Crippen LogP contribution < -0.4 is 0 Å². The molecule has 4 aromatic heterocycles. The second-order valence-electron chi connectivity index (χ2n) is 3.71. The van der Waals surface area contributed by atoms with Crippen LogP contribution in [0.4, 0.5) is 0 Å². The van der Waals surface area contributed by atoms with E-state index < -0.39 is 0 Å². The van der Waals surface area contributed by atoms with E-state index in [1.165, 1.54) is 0 Å². The van der Waals surface area contributed by atoms with Gasteiger partial charge in [-0.25, -0.2) is 19.9 Å². The van der Waals surface area contributed by atoms with E-state index in [1.54, 1.807) is 57.7 Å². The molecule has 20 heavy (non-hydrogen) atoms. The summed E-state index contributed by atoms with van der Waals surface area (Å²) in [6, 6.07) is 0. The fourth-order valence-corrected chi connectivity index (χ4v) is 4.89. The molecule has 4 rings (SSSR count). The van der Waals surface area contributed by atoms with Crippen LogP contribution in [0, 0.1) is 0 Å². The average molecular weight is 334 g/mol. The lowest BCUT2D eigenvalue weighted by atomic mass is 10.4. The molecule has 98 valence electrons. The zero-order valence-corrected chi connectivity index (χ0v) is 13.2. The summed E-state index contributed by atoms with van der Waals surface area (Å²) in [5.41, 5.74) is 0.908. The van der Waals surface area contributed by atoms with Gasteiger partial charge < -0.3 is 0 Å². The van der Waals surface area contributed by atoms with Crippen molar-refractivity contribution in [1.29, 1.82) is 0 Å². The molecular weight excluding hydrogens is 328 g/mol. The first-order chi connectivity index (χ1) is 9.92. The minimum absolute atomic E-state index is 0.908. The zero-order valence-electron chi connectivity index (χ0n) is 9.89. The van der Waals surface area contributed by atoms with Gasteiger partial charge >= 0.3 is 0 Å². The van der Waals surface area contributed by atoms with Crippen LogP contribution in [0.1, 0.15) is 0 Å². The van der Waals surface area contributed by atoms with Crippen LogP contribution in [0.2, 0.25) is 0 Å². The lowest BCUT2D eigenvalue weighted by Crippen LogP contribution is -1.80. The molecule has 0 saturated heterocycles. The van der Waals surface area contributed by atoms with Gasteiger partial charge in [-0.3, -0.25) is 0 Å². The van der Waals surface area contributed by atoms with Crippen LogP contribution in [0.5, 0.6) is 0 Å². The molecule has 8 heteroatoms. The quantitative estimate of drug-likeness (QED) is 0.553. The molecule has 0 amide bonds. The Hall–Kier alpha value is -1.48. The van der Waals surface area contributed by atoms with Gasteiger partial charge in [-0.05, 0) is 0 Å². The van der Waals surface area contributed by atoms with E-state index in [0.717, 1.165) is 30.6 Å². The van der Waals surface area contributed by atoms with E-state index in [-0.39, 0.29) is 0 Å². The summed E-state index contributed by atoms with van der Waals surface area (Å²) in [4.78, 5) is 18.9. The Kier molecular flexibility index (Phi) is 3.15. The first kappa shape index (κ1) is 12.3. The first-order valence-corrected chi connectivity index (χ1v) is 9.08. The fraction of sp³-hybridized carbons (Fsp3) is 0. The summed E-state index contributed by atoms with van der Waals surface area (Å²) < 4.78 is 0. The van der Waals surface area contributed by atoms with Gasteiger partial charge in [0, 0.05) is 34.7 Å². The Morgan fingerprint density at radius 2 is 1.25 bits per heavy atom. The lowest BCUT2D eigenvalue weighted by molar-refractivity contribution is 1.32. The molecule has 0 aliphatic rings. The van der Waals surface area contributed by atoms with Gasteiger partial charge in [-0.15, -0.1) is 45.3 Å². The van der Waals surface area contributed by atoms with Crippen LogP contribution in [0.25, 0.3) is 30.6 Å². The number of aromatic nitrogens is 4. The third-order valence-electron chi connectivity index (χ3n) is 2.50. The second kappa shape index (κ2) is 5.13. The molecule has 4 heterocycles. The Balaban J connectivity index is 1.92. The Morgan fingerprint density at radius 1 is 0.650 bits per heavy atom. The second-order valence-corrected chi connectivity index (χ2v) is 7.39. The highest BCUT2D eigenvalue weighted by Crippen LogP contribution is 2.41. The monoisotopic (exact) mass is 334 g/mol. The molecule has 0 aromatic carbocycles. The van der Waals surface area contributed by atoms with Crippen molar-refractivity contribution in [3.05, 3.63) is 34.7 Å². The van der Waals surface area contributed by atoms with E-state index in [9.17, 15) is 0 Å². The van der Waals surface area contributed by atoms with Gasteiger partial charge in [0.15, 0.2) is 10.0 Å². The highest BCUT2D eigenvalue weighted by Gasteiger charge is 2.20. The van der Waals surface area contributed by atoms with E-state index in [0.29, 0.717) is 0 Å². The Morgan fingerprint density at radius 3 is 1.85 bits per heavy atom. The largest absolute Gasteiger partial charge is 0.244 e. The van der Waals surface area contributed by atoms with Crippen LogP contribution in [-0.2, 0) is 0 Å². The molecular formula is C12H6N4S4. The number of thiazole rings is 4. The number of hydrogen-bond acceptors (Lipinski definition) is 8. The fourth-order valence-electron chi connectivity index (χ4n) is 1.71. The maximum atomic E-state index is 4.73. The number of nitrogens with zero attached hydrogens (tertiary/aromatic N) is 4. The summed E-state index contributed by atoms with van der Waals surface area (Å²) in [5.74, 6) is 0. The van der Waals surface area contributed by atoms with E-state index in [4.69, 9.17) is 4.98 Å². The SMILES string of the molecule is c1csc(-c2nc(-c3nccs3)c(-c3nccs3)s2)n1. The molecule has 0 atom stereocenters. The van der Waals surface area contributed by atoms with Crippen molar-refractivity contribution in [3.63, 3.8) is 0 Å². The summed E-state index contributed by atoms with van der Waals surface area (Å²) in [5, 5.41) is 9.67. The summed E-state index contributed by atoms with van der Waals surface area (Å²) in [6.07, 6.45) is 5.41. The maximum absolute atomic E-state index is 4.73. The van der Waals surface area contributed by atoms with Crippen molar-refractivity contribution >= 4 is 45.3 Å². The molecule has 0 fully saturated rings. The van der Waals surface area contributed by atoms with Crippen LogP contribution in [-0.4, -0.2) is 19.9 Å². The average Bonchev–Trinajstić information content (AvgIpc) is 3.22. The minimum Gasteiger partial charge on any atom is -0.244 e. The molecule has 0 bridgehead atoms. The molecule has 4 nitrogen and oxygen atoms in total. The van der Waals surface area contributed by atoms with Crippen molar-refractivity contribution in [3.8, 4) is 30.6 Å². The smallest absolute Gasteiger partial charge is 0.153 e. The predicted octanol–water partition coefficient (Wildman–Crippen LogP) is 4.51. The van der Waals surface area contributed by atoms with Crippen LogP contribution >= 0.6 is 45.3 Å². The third kappa shape index (κ3) is 2.10. The molecule has 0 spiro atoms. The molecule has 0 saturated carbocycles.